The second-order valence-corrected chi connectivity index (χ2v) is 6.85. The van der Waals surface area contributed by atoms with Crippen LogP contribution in [-0.2, 0) is 0 Å². The van der Waals surface area contributed by atoms with Gasteiger partial charge in [-0.25, -0.2) is 4.98 Å². The van der Waals surface area contributed by atoms with Crippen LogP contribution in [0.25, 0.3) is 0 Å². The van der Waals surface area contributed by atoms with Crippen LogP contribution in [0.3, 0.4) is 0 Å². The molecule has 1 aromatic carbocycles. The van der Waals surface area contributed by atoms with Crippen LogP contribution < -0.4 is 9.64 Å². The molecule has 0 radical (unpaired) electrons. The van der Waals surface area contributed by atoms with E-state index in [0.29, 0.717) is 25.4 Å². The second-order valence-electron chi connectivity index (χ2n) is 6.12. The molecule has 25 heavy (non-hydrogen) atoms. The lowest BCUT2D eigenvalue weighted by atomic mass is 10.1. The number of ether oxygens (including phenoxy) is 1. The summed E-state index contributed by atoms with van der Waals surface area (Å²) in [5.41, 5.74) is 1.16. The number of carbonyl (C=O) groups excluding carboxylic acids is 1. The van der Waals surface area contributed by atoms with Gasteiger partial charge in [-0.15, -0.1) is 0 Å². The van der Waals surface area contributed by atoms with Crippen LogP contribution in [0.4, 0.5) is 5.13 Å². The van der Waals surface area contributed by atoms with E-state index < -0.39 is 0 Å². The normalized spacial score (nSPS) is 15.2. The average Bonchev–Trinajstić information content (AvgIpc) is 2.88. The Morgan fingerprint density at radius 3 is 2.72 bits per heavy atom. The van der Waals surface area contributed by atoms with E-state index in [1.165, 1.54) is 18.6 Å². The molecular formula is C17H22N4O3S. The highest BCUT2D eigenvalue weighted by molar-refractivity contribution is 7.09. The zero-order valence-electron chi connectivity index (χ0n) is 14.7. The molecule has 1 fully saturated rings. The van der Waals surface area contributed by atoms with E-state index in [1.807, 2.05) is 13.8 Å². The summed E-state index contributed by atoms with van der Waals surface area (Å²) in [6.45, 7) is 6.50. The lowest BCUT2D eigenvalue weighted by molar-refractivity contribution is 0.0763. The summed E-state index contributed by atoms with van der Waals surface area (Å²) in [6.07, 6.45) is 0.841. The standard InChI is InChI=1S/C17H22N4O3S/c1-11-9-13(15(22)14(10-11)24-3)16(23)20-5-4-6-21(8-7-20)17-18-12(2)19-25-17/h9-10,22H,4-8H2,1-3H3. The molecule has 1 N–H and O–H groups in total. The van der Waals surface area contributed by atoms with Gasteiger partial charge in [0, 0.05) is 37.7 Å². The van der Waals surface area contributed by atoms with E-state index in [4.69, 9.17) is 4.74 Å². The number of phenolic OH excluding ortho intramolecular Hbond substituents is 1. The Kier molecular flexibility index (Phi) is 5.08. The smallest absolute Gasteiger partial charge is 0.257 e. The fraction of sp³-hybridized carbons (Fsp3) is 0.471. The number of aromatic hydroxyl groups is 1. The van der Waals surface area contributed by atoms with Gasteiger partial charge in [-0.2, -0.15) is 4.37 Å². The van der Waals surface area contributed by atoms with Gasteiger partial charge in [0.2, 0.25) is 5.13 Å². The van der Waals surface area contributed by atoms with Gasteiger partial charge in [-0.05, 0) is 38.0 Å². The number of phenols is 1. The molecule has 3 rings (SSSR count). The Balaban J connectivity index is 1.76. The van der Waals surface area contributed by atoms with Crippen LogP contribution in [0.15, 0.2) is 12.1 Å². The summed E-state index contributed by atoms with van der Waals surface area (Å²) in [7, 11) is 1.48. The molecule has 8 heteroatoms. The topological polar surface area (TPSA) is 78.8 Å². The number of benzene rings is 1. The Bertz CT molecular complexity index is 777. The molecule has 1 aliphatic rings. The van der Waals surface area contributed by atoms with Crippen molar-refractivity contribution in [2.75, 3.05) is 38.2 Å². The van der Waals surface area contributed by atoms with E-state index in [0.717, 1.165) is 29.5 Å². The lowest BCUT2D eigenvalue weighted by Gasteiger charge is -2.22. The molecule has 1 saturated heterocycles. The van der Waals surface area contributed by atoms with Crippen molar-refractivity contribution in [1.29, 1.82) is 0 Å². The SMILES string of the molecule is COc1cc(C)cc(C(=O)N2CCCN(c3nc(C)ns3)CC2)c1O. The number of aryl methyl sites for hydroxylation is 2. The zero-order valence-corrected chi connectivity index (χ0v) is 15.5. The van der Waals surface area contributed by atoms with Crippen molar-refractivity contribution in [3.8, 4) is 11.5 Å². The molecular weight excluding hydrogens is 340 g/mol. The molecule has 0 bridgehead atoms. The second kappa shape index (κ2) is 7.26. The van der Waals surface area contributed by atoms with Crippen molar-refractivity contribution >= 4 is 22.6 Å². The fourth-order valence-electron chi connectivity index (χ4n) is 2.96. The molecule has 2 aromatic rings. The van der Waals surface area contributed by atoms with Crippen molar-refractivity contribution in [3.05, 3.63) is 29.1 Å². The van der Waals surface area contributed by atoms with Crippen molar-refractivity contribution in [2.45, 2.75) is 20.3 Å². The first kappa shape index (κ1) is 17.5. The molecule has 134 valence electrons. The van der Waals surface area contributed by atoms with Gasteiger partial charge in [-0.1, -0.05) is 0 Å². The first-order chi connectivity index (χ1) is 12.0. The Hall–Kier alpha value is -2.35. The van der Waals surface area contributed by atoms with Crippen LogP contribution in [-0.4, -0.2) is 58.6 Å². The number of hydrogen-bond donors (Lipinski definition) is 1. The number of methoxy groups -OCH3 is 1. The Labute approximate surface area is 151 Å². The molecule has 1 aliphatic heterocycles. The highest BCUT2D eigenvalue weighted by Gasteiger charge is 2.25. The van der Waals surface area contributed by atoms with Crippen LogP contribution in [0.5, 0.6) is 11.5 Å². The van der Waals surface area contributed by atoms with Crippen molar-refractivity contribution in [1.82, 2.24) is 14.3 Å². The Morgan fingerprint density at radius 2 is 2.04 bits per heavy atom. The number of carbonyl (C=O) groups is 1. The molecule has 0 saturated carbocycles. The molecule has 0 unspecified atom stereocenters. The number of rotatable bonds is 3. The maximum absolute atomic E-state index is 12.9. The third-order valence-corrected chi connectivity index (χ3v) is 5.11. The van der Waals surface area contributed by atoms with Gasteiger partial charge in [-0.3, -0.25) is 4.79 Å². The van der Waals surface area contributed by atoms with E-state index in [2.05, 4.69) is 14.3 Å². The van der Waals surface area contributed by atoms with E-state index in [1.54, 1.807) is 17.0 Å². The van der Waals surface area contributed by atoms with Crippen LogP contribution in [0.1, 0.15) is 28.2 Å². The maximum atomic E-state index is 12.9. The number of anilines is 1. The van der Waals surface area contributed by atoms with Gasteiger partial charge in [0.05, 0.1) is 12.7 Å². The molecule has 1 amide bonds. The zero-order chi connectivity index (χ0) is 18.0. The largest absolute Gasteiger partial charge is 0.504 e. The quantitative estimate of drug-likeness (QED) is 0.902. The van der Waals surface area contributed by atoms with E-state index in [9.17, 15) is 9.90 Å². The number of amides is 1. The molecule has 0 atom stereocenters. The molecule has 1 aromatic heterocycles. The number of hydrogen-bond acceptors (Lipinski definition) is 7. The van der Waals surface area contributed by atoms with Gasteiger partial charge in [0.25, 0.3) is 5.91 Å². The molecule has 7 nitrogen and oxygen atoms in total. The van der Waals surface area contributed by atoms with Gasteiger partial charge in [0.1, 0.15) is 5.82 Å². The summed E-state index contributed by atoms with van der Waals surface area (Å²) in [5, 5.41) is 11.2. The first-order valence-electron chi connectivity index (χ1n) is 8.21. The van der Waals surface area contributed by atoms with Crippen LogP contribution >= 0.6 is 11.5 Å². The predicted octanol–water partition coefficient (Wildman–Crippen LogP) is 2.22. The maximum Gasteiger partial charge on any atom is 0.257 e. The monoisotopic (exact) mass is 362 g/mol. The first-order valence-corrected chi connectivity index (χ1v) is 8.99. The predicted molar refractivity (Wildman–Crippen MR) is 96.8 cm³/mol. The Morgan fingerprint density at radius 1 is 1.24 bits per heavy atom. The third kappa shape index (κ3) is 3.68. The van der Waals surface area contributed by atoms with Crippen molar-refractivity contribution in [3.63, 3.8) is 0 Å². The highest BCUT2D eigenvalue weighted by atomic mass is 32.1. The van der Waals surface area contributed by atoms with Gasteiger partial charge in [0.15, 0.2) is 11.5 Å². The number of aromatic nitrogens is 2. The summed E-state index contributed by atoms with van der Waals surface area (Å²) < 4.78 is 9.39. The summed E-state index contributed by atoms with van der Waals surface area (Å²) in [6, 6.07) is 3.42. The minimum absolute atomic E-state index is 0.0982. The molecule has 0 spiro atoms. The van der Waals surface area contributed by atoms with Gasteiger partial charge < -0.3 is 19.6 Å². The summed E-state index contributed by atoms with van der Waals surface area (Å²) in [5.74, 6) is 0.826. The molecule has 0 aliphatic carbocycles. The highest BCUT2D eigenvalue weighted by Crippen LogP contribution is 2.32. The van der Waals surface area contributed by atoms with Crippen molar-refractivity contribution in [2.24, 2.45) is 0 Å². The minimum Gasteiger partial charge on any atom is -0.504 e. The van der Waals surface area contributed by atoms with Crippen LogP contribution in [0.2, 0.25) is 0 Å². The average molecular weight is 362 g/mol. The number of nitrogens with zero attached hydrogens (tertiary/aromatic N) is 4. The van der Waals surface area contributed by atoms with Crippen LogP contribution in [0, 0.1) is 13.8 Å². The summed E-state index contributed by atoms with van der Waals surface area (Å²) >= 11 is 1.39. The summed E-state index contributed by atoms with van der Waals surface area (Å²) in [4.78, 5) is 21.3. The van der Waals surface area contributed by atoms with Gasteiger partial charge >= 0.3 is 0 Å². The fourth-order valence-corrected chi connectivity index (χ4v) is 3.69. The molecule has 2 heterocycles. The van der Waals surface area contributed by atoms with Crippen molar-refractivity contribution < 1.29 is 14.6 Å². The van der Waals surface area contributed by atoms with E-state index >= 15 is 0 Å². The van der Waals surface area contributed by atoms with E-state index in [-0.39, 0.29) is 17.2 Å². The minimum atomic E-state index is -0.171. The lowest BCUT2D eigenvalue weighted by Crippen LogP contribution is -2.35. The third-order valence-electron chi connectivity index (χ3n) is 4.24.